The van der Waals surface area contributed by atoms with E-state index in [2.05, 4.69) is 29.8 Å². The van der Waals surface area contributed by atoms with Crippen LogP contribution in [-0.4, -0.2) is 18.1 Å². The van der Waals surface area contributed by atoms with Crippen molar-refractivity contribution in [3.05, 3.63) is 17.8 Å². The molecular weight excluding hydrogens is 200 g/mol. The van der Waals surface area contributed by atoms with E-state index in [4.69, 9.17) is 11.0 Å². The summed E-state index contributed by atoms with van der Waals surface area (Å²) in [5.41, 5.74) is 6.70. The molecule has 0 aromatic carbocycles. The summed E-state index contributed by atoms with van der Waals surface area (Å²) in [5, 5.41) is 9.04. The highest BCUT2D eigenvalue weighted by atomic mass is 15.2. The highest BCUT2D eigenvalue weighted by Crippen LogP contribution is 2.19. The van der Waals surface area contributed by atoms with Gasteiger partial charge < -0.3 is 10.6 Å². The predicted octanol–water partition coefficient (Wildman–Crippen LogP) is 2.16. The van der Waals surface area contributed by atoms with Crippen molar-refractivity contribution >= 4 is 11.5 Å². The third kappa shape index (κ3) is 2.86. The number of nitriles is 1. The number of rotatable bonds is 5. The van der Waals surface area contributed by atoms with Crippen LogP contribution in [0.1, 0.15) is 32.3 Å². The van der Waals surface area contributed by atoms with Crippen molar-refractivity contribution in [3.8, 4) is 6.07 Å². The largest absolute Gasteiger partial charge is 0.397 e. The molecule has 4 nitrogen and oxygen atoms in total. The van der Waals surface area contributed by atoms with Crippen LogP contribution < -0.4 is 10.6 Å². The number of pyridine rings is 1. The maximum atomic E-state index is 9.04. The van der Waals surface area contributed by atoms with E-state index < -0.39 is 0 Å². The zero-order valence-electron chi connectivity index (χ0n) is 9.90. The molecule has 0 bridgehead atoms. The Morgan fingerprint density at radius 1 is 1.50 bits per heavy atom. The van der Waals surface area contributed by atoms with Gasteiger partial charge in [0.05, 0.1) is 17.4 Å². The van der Waals surface area contributed by atoms with Gasteiger partial charge in [-0.25, -0.2) is 4.98 Å². The second-order valence-corrected chi connectivity index (χ2v) is 3.68. The topological polar surface area (TPSA) is 65.9 Å². The smallest absolute Gasteiger partial charge is 0.146 e. The van der Waals surface area contributed by atoms with E-state index in [1.165, 1.54) is 0 Å². The van der Waals surface area contributed by atoms with Crippen LogP contribution in [0, 0.1) is 11.3 Å². The molecule has 0 atom stereocenters. The van der Waals surface area contributed by atoms with Crippen molar-refractivity contribution in [2.24, 2.45) is 0 Å². The molecular formula is C12H18N4. The van der Waals surface area contributed by atoms with Crippen molar-refractivity contribution in [1.29, 1.82) is 5.26 Å². The molecule has 0 spiro atoms. The van der Waals surface area contributed by atoms with Gasteiger partial charge >= 0.3 is 0 Å². The summed E-state index contributed by atoms with van der Waals surface area (Å²) in [6.45, 7) is 5.99. The van der Waals surface area contributed by atoms with E-state index in [1.807, 2.05) is 0 Å². The molecule has 0 amide bonds. The standard InChI is InChI=1S/C12H18N4/c1-3-5-6-16(4-2)12-10(8-13)7-11(14)9-15-12/h7,9H,3-6,14H2,1-2H3. The summed E-state index contributed by atoms with van der Waals surface area (Å²) in [5.74, 6) is 0.743. The van der Waals surface area contributed by atoms with Gasteiger partial charge in [0.2, 0.25) is 0 Å². The molecule has 4 heteroatoms. The average Bonchev–Trinajstić information content (AvgIpc) is 2.31. The molecule has 0 aliphatic heterocycles. The fraction of sp³-hybridized carbons (Fsp3) is 0.500. The maximum Gasteiger partial charge on any atom is 0.146 e. The van der Waals surface area contributed by atoms with Gasteiger partial charge in [0, 0.05) is 13.1 Å². The zero-order valence-corrected chi connectivity index (χ0v) is 9.90. The Balaban J connectivity index is 2.96. The molecule has 0 unspecified atom stereocenters. The van der Waals surface area contributed by atoms with Gasteiger partial charge in [-0.3, -0.25) is 0 Å². The Bertz CT molecular complexity index is 381. The molecule has 0 saturated heterocycles. The molecule has 1 rings (SSSR count). The summed E-state index contributed by atoms with van der Waals surface area (Å²) < 4.78 is 0. The van der Waals surface area contributed by atoms with Gasteiger partial charge in [-0.15, -0.1) is 0 Å². The highest BCUT2D eigenvalue weighted by molar-refractivity contribution is 5.58. The first-order chi connectivity index (χ1) is 7.72. The number of unbranched alkanes of at least 4 members (excludes halogenated alkanes) is 1. The number of nitrogen functional groups attached to an aromatic ring is 1. The fourth-order valence-corrected chi connectivity index (χ4v) is 1.57. The van der Waals surface area contributed by atoms with E-state index in [0.717, 1.165) is 31.7 Å². The number of aromatic nitrogens is 1. The lowest BCUT2D eigenvalue weighted by Gasteiger charge is -2.22. The molecule has 0 aliphatic rings. The Morgan fingerprint density at radius 3 is 2.81 bits per heavy atom. The highest BCUT2D eigenvalue weighted by Gasteiger charge is 2.10. The van der Waals surface area contributed by atoms with E-state index in [-0.39, 0.29) is 0 Å². The van der Waals surface area contributed by atoms with Crippen LogP contribution in [0.5, 0.6) is 0 Å². The first-order valence-electron chi connectivity index (χ1n) is 5.63. The third-order valence-corrected chi connectivity index (χ3v) is 2.47. The minimum absolute atomic E-state index is 0.534. The summed E-state index contributed by atoms with van der Waals surface area (Å²) >= 11 is 0. The number of nitrogens with zero attached hydrogens (tertiary/aromatic N) is 3. The van der Waals surface area contributed by atoms with E-state index in [9.17, 15) is 0 Å². The lowest BCUT2D eigenvalue weighted by atomic mass is 10.2. The van der Waals surface area contributed by atoms with Crippen molar-refractivity contribution in [2.75, 3.05) is 23.7 Å². The lowest BCUT2D eigenvalue weighted by molar-refractivity contribution is 0.723. The second kappa shape index (κ2) is 5.96. The maximum absolute atomic E-state index is 9.04. The Labute approximate surface area is 96.7 Å². The quantitative estimate of drug-likeness (QED) is 0.822. The zero-order chi connectivity index (χ0) is 12.0. The molecule has 1 aromatic rings. The van der Waals surface area contributed by atoms with Crippen LogP contribution in [0.25, 0.3) is 0 Å². The molecule has 0 radical (unpaired) electrons. The minimum atomic E-state index is 0.534. The lowest BCUT2D eigenvalue weighted by Crippen LogP contribution is -2.25. The second-order valence-electron chi connectivity index (χ2n) is 3.68. The van der Waals surface area contributed by atoms with Crippen LogP contribution in [0.4, 0.5) is 11.5 Å². The number of anilines is 2. The van der Waals surface area contributed by atoms with Crippen LogP contribution >= 0.6 is 0 Å². The predicted molar refractivity (Wildman–Crippen MR) is 66.2 cm³/mol. The van der Waals surface area contributed by atoms with E-state index in [0.29, 0.717) is 11.3 Å². The number of nitrogens with two attached hydrogens (primary N) is 1. The molecule has 1 heterocycles. The Kier molecular flexibility index (Phi) is 4.59. The van der Waals surface area contributed by atoms with Gasteiger partial charge in [0.15, 0.2) is 0 Å². The number of hydrogen-bond acceptors (Lipinski definition) is 4. The van der Waals surface area contributed by atoms with Gasteiger partial charge in [-0.1, -0.05) is 13.3 Å². The average molecular weight is 218 g/mol. The summed E-state index contributed by atoms with van der Waals surface area (Å²) in [4.78, 5) is 6.36. The van der Waals surface area contributed by atoms with Crippen molar-refractivity contribution in [2.45, 2.75) is 26.7 Å². The van der Waals surface area contributed by atoms with E-state index in [1.54, 1.807) is 12.3 Å². The summed E-state index contributed by atoms with van der Waals surface area (Å²) in [6.07, 6.45) is 3.84. The molecule has 1 aromatic heterocycles. The first-order valence-corrected chi connectivity index (χ1v) is 5.63. The monoisotopic (exact) mass is 218 g/mol. The number of hydrogen-bond donors (Lipinski definition) is 1. The molecule has 0 fully saturated rings. The van der Waals surface area contributed by atoms with Gasteiger partial charge in [-0.2, -0.15) is 5.26 Å². The van der Waals surface area contributed by atoms with Crippen molar-refractivity contribution in [1.82, 2.24) is 4.98 Å². The molecule has 2 N–H and O–H groups in total. The van der Waals surface area contributed by atoms with Crippen LogP contribution in [-0.2, 0) is 0 Å². The normalized spacial score (nSPS) is 9.81. The van der Waals surface area contributed by atoms with Crippen molar-refractivity contribution < 1.29 is 0 Å². The van der Waals surface area contributed by atoms with Crippen LogP contribution in [0.3, 0.4) is 0 Å². The summed E-state index contributed by atoms with van der Waals surface area (Å²) in [7, 11) is 0. The van der Waals surface area contributed by atoms with Crippen molar-refractivity contribution in [3.63, 3.8) is 0 Å². The Hall–Kier alpha value is -1.76. The minimum Gasteiger partial charge on any atom is -0.397 e. The molecule has 16 heavy (non-hydrogen) atoms. The molecule has 86 valence electrons. The molecule has 0 aliphatic carbocycles. The van der Waals surface area contributed by atoms with Crippen LogP contribution in [0.2, 0.25) is 0 Å². The summed E-state index contributed by atoms with van der Waals surface area (Å²) in [6, 6.07) is 3.82. The SMILES string of the molecule is CCCCN(CC)c1ncc(N)cc1C#N. The first kappa shape index (κ1) is 12.3. The third-order valence-electron chi connectivity index (χ3n) is 2.47. The van der Waals surface area contributed by atoms with E-state index >= 15 is 0 Å². The molecule has 0 saturated carbocycles. The fourth-order valence-electron chi connectivity index (χ4n) is 1.57. The van der Waals surface area contributed by atoms with Gasteiger partial charge in [0.1, 0.15) is 11.9 Å². The van der Waals surface area contributed by atoms with Crippen LogP contribution in [0.15, 0.2) is 12.3 Å². The van der Waals surface area contributed by atoms with Gasteiger partial charge in [0.25, 0.3) is 0 Å². The Morgan fingerprint density at radius 2 is 2.25 bits per heavy atom. The van der Waals surface area contributed by atoms with Gasteiger partial charge in [-0.05, 0) is 19.4 Å².